The molecule has 0 aliphatic carbocycles. The lowest BCUT2D eigenvalue weighted by molar-refractivity contribution is 0.0987. The van der Waals surface area contributed by atoms with Gasteiger partial charge in [-0.1, -0.05) is 30.3 Å². The van der Waals surface area contributed by atoms with Gasteiger partial charge in [-0.25, -0.2) is 4.98 Å². The highest BCUT2D eigenvalue weighted by molar-refractivity contribution is 7.19. The molecule has 0 fully saturated rings. The Hall–Kier alpha value is -3.90. The second kappa shape index (κ2) is 7.35. The van der Waals surface area contributed by atoms with E-state index in [0.29, 0.717) is 17.8 Å². The van der Waals surface area contributed by atoms with Crippen molar-refractivity contribution in [2.75, 3.05) is 17.2 Å². The van der Waals surface area contributed by atoms with Crippen LogP contribution in [-0.4, -0.2) is 22.4 Å². The van der Waals surface area contributed by atoms with Crippen LogP contribution in [0.4, 0.5) is 11.4 Å². The Bertz CT molecular complexity index is 1430. The van der Waals surface area contributed by atoms with Crippen molar-refractivity contribution < 1.29 is 4.79 Å². The summed E-state index contributed by atoms with van der Waals surface area (Å²) in [5, 5.41) is 0. The molecule has 2 aromatic heterocycles. The van der Waals surface area contributed by atoms with Crippen LogP contribution in [0.15, 0.2) is 78.9 Å². The molecule has 1 aliphatic heterocycles. The van der Waals surface area contributed by atoms with Crippen LogP contribution in [0.25, 0.3) is 32.2 Å². The number of anilines is 2. The molecular formula is C26H20N4OS. The van der Waals surface area contributed by atoms with E-state index in [9.17, 15) is 4.79 Å². The number of H-pyrrole nitrogens is 1. The first-order chi connectivity index (χ1) is 15.7. The van der Waals surface area contributed by atoms with Crippen molar-refractivity contribution in [2.24, 2.45) is 0 Å². The number of hydrogen-bond donors (Lipinski definition) is 2. The monoisotopic (exact) mass is 436 g/mol. The zero-order valence-corrected chi connectivity index (χ0v) is 18.0. The van der Waals surface area contributed by atoms with E-state index in [1.54, 1.807) is 35.6 Å². The first kappa shape index (κ1) is 18.8. The van der Waals surface area contributed by atoms with Crippen molar-refractivity contribution in [2.45, 2.75) is 6.42 Å². The molecule has 0 unspecified atom stereocenters. The molecule has 0 atom stereocenters. The summed E-state index contributed by atoms with van der Waals surface area (Å²) >= 11 is 1.72. The van der Waals surface area contributed by atoms with Gasteiger partial charge in [-0.15, -0.1) is 11.3 Å². The maximum atomic E-state index is 13.4. The topological polar surface area (TPSA) is 75.0 Å². The van der Waals surface area contributed by atoms with E-state index in [-0.39, 0.29) is 5.91 Å². The fraction of sp³-hybridized carbons (Fsp3) is 0.0769. The van der Waals surface area contributed by atoms with Crippen LogP contribution < -0.4 is 10.6 Å². The molecule has 5 aromatic rings. The van der Waals surface area contributed by atoms with Crippen LogP contribution >= 0.6 is 11.3 Å². The number of nitrogens with one attached hydrogen (secondary N) is 1. The van der Waals surface area contributed by atoms with Crippen LogP contribution in [0.1, 0.15) is 15.9 Å². The molecule has 3 N–H and O–H groups in total. The number of imidazole rings is 1. The molecule has 0 bridgehead atoms. The van der Waals surface area contributed by atoms with Crippen LogP contribution in [0.2, 0.25) is 0 Å². The molecule has 156 valence electrons. The van der Waals surface area contributed by atoms with Gasteiger partial charge >= 0.3 is 0 Å². The molecule has 1 aliphatic rings. The first-order valence-electron chi connectivity index (χ1n) is 10.5. The average Bonchev–Trinajstić information content (AvgIpc) is 3.41. The van der Waals surface area contributed by atoms with Gasteiger partial charge in [0.05, 0.1) is 21.6 Å². The van der Waals surface area contributed by atoms with Crippen LogP contribution in [-0.2, 0) is 6.42 Å². The van der Waals surface area contributed by atoms with Crippen LogP contribution in [0.5, 0.6) is 0 Å². The van der Waals surface area contributed by atoms with Crippen molar-refractivity contribution in [3.05, 3.63) is 90.0 Å². The Morgan fingerprint density at radius 1 is 1.00 bits per heavy atom. The summed E-state index contributed by atoms with van der Waals surface area (Å²) in [6.45, 7) is 0.615. The summed E-state index contributed by atoms with van der Waals surface area (Å²) in [4.78, 5) is 25.8. The Kier molecular flexibility index (Phi) is 4.33. The molecular weight excluding hydrogens is 416 g/mol. The molecule has 0 spiro atoms. The number of amides is 1. The lowest BCUT2D eigenvalue weighted by Gasteiger charge is -2.23. The Balaban J connectivity index is 1.42. The standard InChI is InChI=1S/C26H20N4OS/c27-18-11-9-16(10-12-18)26(31)30-14-13-17-15-23(25-28-20-6-2-3-7-21(20)29-25)32-24(17)19-5-1-4-8-22(19)30/h1-12,15H,13-14,27H2,(H,28,29). The number of nitrogens with zero attached hydrogens (tertiary/aromatic N) is 2. The van der Waals surface area contributed by atoms with Crippen molar-refractivity contribution >= 4 is 39.7 Å². The van der Waals surface area contributed by atoms with Gasteiger partial charge in [-0.05, 0) is 60.5 Å². The number of aromatic amines is 1. The highest BCUT2D eigenvalue weighted by Gasteiger charge is 2.27. The van der Waals surface area contributed by atoms with Crippen molar-refractivity contribution in [3.63, 3.8) is 0 Å². The normalized spacial score (nSPS) is 12.9. The molecule has 0 saturated carbocycles. The van der Waals surface area contributed by atoms with E-state index in [1.807, 2.05) is 47.4 Å². The van der Waals surface area contributed by atoms with Crippen LogP contribution in [0, 0.1) is 0 Å². The predicted octanol–water partition coefficient (Wildman–Crippen LogP) is 5.74. The fourth-order valence-corrected chi connectivity index (χ4v) is 5.46. The van der Waals surface area contributed by atoms with E-state index in [4.69, 9.17) is 10.7 Å². The van der Waals surface area contributed by atoms with Crippen molar-refractivity contribution in [3.8, 4) is 21.1 Å². The van der Waals surface area contributed by atoms with Gasteiger partial charge in [0.2, 0.25) is 0 Å². The Labute approximate surface area is 189 Å². The first-order valence-corrected chi connectivity index (χ1v) is 11.3. The average molecular weight is 437 g/mol. The molecule has 0 radical (unpaired) electrons. The van der Waals surface area contributed by atoms with Gasteiger partial charge in [0.15, 0.2) is 0 Å². The molecule has 6 rings (SSSR count). The van der Waals surface area contributed by atoms with Gasteiger partial charge < -0.3 is 15.6 Å². The fourth-order valence-electron chi connectivity index (χ4n) is 4.27. The van der Waals surface area contributed by atoms with Crippen LogP contribution in [0.3, 0.4) is 0 Å². The smallest absolute Gasteiger partial charge is 0.258 e. The predicted molar refractivity (Wildman–Crippen MR) is 131 cm³/mol. The number of carbonyl (C=O) groups is 1. The van der Waals surface area contributed by atoms with E-state index in [0.717, 1.165) is 39.4 Å². The number of fused-ring (bicyclic) bond motifs is 4. The van der Waals surface area contributed by atoms with E-state index < -0.39 is 0 Å². The highest BCUT2D eigenvalue weighted by Crippen LogP contribution is 2.44. The summed E-state index contributed by atoms with van der Waals surface area (Å²) in [5.41, 5.74) is 12.4. The highest BCUT2D eigenvalue weighted by atomic mass is 32.1. The van der Waals surface area contributed by atoms with Gasteiger partial charge in [-0.2, -0.15) is 0 Å². The Morgan fingerprint density at radius 2 is 1.78 bits per heavy atom. The zero-order valence-electron chi connectivity index (χ0n) is 17.2. The molecule has 6 heteroatoms. The minimum Gasteiger partial charge on any atom is -0.399 e. The lowest BCUT2D eigenvalue weighted by atomic mass is 10.1. The number of para-hydroxylation sites is 3. The van der Waals surface area contributed by atoms with Crippen molar-refractivity contribution in [1.82, 2.24) is 9.97 Å². The van der Waals surface area contributed by atoms with E-state index in [2.05, 4.69) is 17.1 Å². The molecule has 32 heavy (non-hydrogen) atoms. The molecule has 1 amide bonds. The minimum absolute atomic E-state index is 0.00916. The third-order valence-electron chi connectivity index (χ3n) is 5.88. The minimum atomic E-state index is -0.00916. The number of thiophene rings is 1. The summed E-state index contributed by atoms with van der Waals surface area (Å²) in [6, 6.07) is 25.6. The zero-order chi connectivity index (χ0) is 21.7. The van der Waals surface area contributed by atoms with Gasteiger partial charge in [0, 0.05) is 28.2 Å². The molecule has 5 nitrogen and oxygen atoms in total. The SMILES string of the molecule is Nc1ccc(C(=O)N2CCc3cc(-c4nc5ccccc5[nH]4)sc3-c3ccccc32)cc1. The number of nitrogen functional groups attached to an aromatic ring is 1. The number of nitrogens with two attached hydrogens (primary N) is 1. The van der Waals surface area contributed by atoms with Crippen molar-refractivity contribution in [1.29, 1.82) is 0 Å². The largest absolute Gasteiger partial charge is 0.399 e. The maximum Gasteiger partial charge on any atom is 0.258 e. The molecule has 3 aromatic carbocycles. The third kappa shape index (κ3) is 3.08. The number of hydrogen-bond acceptors (Lipinski definition) is 4. The lowest BCUT2D eigenvalue weighted by Crippen LogP contribution is -2.32. The van der Waals surface area contributed by atoms with E-state index >= 15 is 0 Å². The Morgan fingerprint density at radius 3 is 2.62 bits per heavy atom. The second-order valence-corrected chi connectivity index (χ2v) is 8.97. The number of benzene rings is 3. The summed E-state index contributed by atoms with van der Waals surface area (Å²) < 4.78 is 0. The third-order valence-corrected chi connectivity index (χ3v) is 7.10. The van der Waals surface area contributed by atoms with Gasteiger partial charge in [-0.3, -0.25) is 4.79 Å². The maximum absolute atomic E-state index is 13.4. The quantitative estimate of drug-likeness (QED) is 0.346. The van der Waals surface area contributed by atoms with E-state index in [1.165, 1.54) is 10.4 Å². The summed E-state index contributed by atoms with van der Waals surface area (Å²) in [7, 11) is 0. The second-order valence-electron chi connectivity index (χ2n) is 7.91. The van der Waals surface area contributed by atoms with Gasteiger partial charge in [0.1, 0.15) is 5.82 Å². The number of aromatic nitrogens is 2. The van der Waals surface area contributed by atoms with Gasteiger partial charge in [0.25, 0.3) is 5.91 Å². The summed E-state index contributed by atoms with van der Waals surface area (Å²) in [5.74, 6) is 0.877. The summed E-state index contributed by atoms with van der Waals surface area (Å²) in [6.07, 6.45) is 0.779. The number of carbonyl (C=O) groups excluding carboxylic acids is 1. The number of rotatable bonds is 2. The molecule has 0 saturated heterocycles. The molecule has 3 heterocycles.